The minimum atomic E-state index is -1.68. The fraction of sp³-hybridized carbons (Fsp3) is 0.500. The van der Waals surface area contributed by atoms with E-state index in [0.29, 0.717) is 5.02 Å². The number of aliphatic hydroxyl groups is 1. The largest absolute Gasteiger partial charge is 0.389 e. The minimum absolute atomic E-state index is 0.689. The van der Waals surface area contributed by atoms with Crippen LogP contribution in [0, 0.1) is 6.92 Å². The van der Waals surface area contributed by atoms with Gasteiger partial charge in [0.25, 0.3) is 0 Å². The predicted octanol–water partition coefficient (Wildman–Crippen LogP) is 3.73. The molecule has 15 heavy (non-hydrogen) atoms. The molecule has 3 heteroatoms. The van der Waals surface area contributed by atoms with Gasteiger partial charge in [0.1, 0.15) is 0 Å². The zero-order valence-electron chi connectivity index (χ0n) is 10.1. The summed E-state index contributed by atoms with van der Waals surface area (Å²) in [7, 11) is -1.68. The van der Waals surface area contributed by atoms with E-state index in [1.54, 1.807) is 0 Å². The maximum Gasteiger partial charge on any atom is 0.0874 e. The Labute approximate surface area is 98.1 Å². The van der Waals surface area contributed by atoms with Crippen LogP contribution in [0.2, 0.25) is 24.7 Å². The van der Waals surface area contributed by atoms with Gasteiger partial charge < -0.3 is 5.11 Å². The molecule has 0 radical (unpaired) electrons. The number of halogens is 1. The third-order valence-corrected chi connectivity index (χ3v) is 6.61. The van der Waals surface area contributed by atoms with Gasteiger partial charge in [-0.3, -0.25) is 0 Å². The molecule has 84 valence electrons. The fourth-order valence-corrected chi connectivity index (χ4v) is 2.77. The molecule has 0 saturated heterocycles. The van der Waals surface area contributed by atoms with Crippen LogP contribution in [0.4, 0.5) is 0 Å². The molecule has 1 aromatic rings. The molecular formula is C12H19ClOSi. The Kier molecular flexibility index (Phi) is 3.34. The van der Waals surface area contributed by atoms with Crippen LogP contribution < -0.4 is 0 Å². The van der Waals surface area contributed by atoms with Crippen molar-refractivity contribution < 1.29 is 5.11 Å². The van der Waals surface area contributed by atoms with E-state index in [0.717, 1.165) is 11.1 Å². The molecule has 0 bridgehead atoms. The SMILES string of the molecule is Cc1ccc(Cl)cc1C(C)(O)[Si](C)(C)C. The van der Waals surface area contributed by atoms with E-state index in [-0.39, 0.29) is 0 Å². The van der Waals surface area contributed by atoms with Gasteiger partial charge in [-0.2, -0.15) is 0 Å². The van der Waals surface area contributed by atoms with Crippen molar-refractivity contribution in [2.45, 2.75) is 38.7 Å². The number of benzene rings is 1. The van der Waals surface area contributed by atoms with Crippen LogP contribution in [0.3, 0.4) is 0 Å². The number of hydrogen-bond acceptors (Lipinski definition) is 1. The summed E-state index contributed by atoms with van der Waals surface area (Å²) in [5.74, 6) is 0. The molecule has 0 amide bonds. The van der Waals surface area contributed by atoms with Gasteiger partial charge in [-0.15, -0.1) is 0 Å². The molecule has 0 aromatic heterocycles. The summed E-state index contributed by atoms with van der Waals surface area (Å²) in [5, 5.41) is 10.6. The third kappa shape index (κ3) is 2.44. The Bertz CT molecular complexity index is 366. The maximum atomic E-state index is 10.6. The Morgan fingerprint density at radius 3 is 2.27 bits per heavy atom. The highest BCUT2D eigenvalue weighted by molar-refractivity contribution is 6.78. The van der Waals surface area contributed by atoms with E-state index in [2.05, 4.69) is 19.6 Å². The molecule has 0 spiro atoms. The van der Waals surface area contributed by atoms with E-state index in [1.807, 2.05) is 32.0 Å². The van der Waals surface area contributed by atoms with Gasteiger partial charge >= 0.3 is 0 Å². The normalized spacial score (nSPS) is 16.2. The summed E-state index contributed by atoms with van der Waals surface area (Å²) >= 11 is 5.98. The van der Waals surface area contributed by atoms with Gasteiger partial charge in [0.2, 0.25) is 0 Å². The lowest BCUT2D eigenvalue weighted by Gasteiger charge is -2.37. The standard InChI is InChI=1S/C12H19ClOSi/c1-9-6-7-10(13)8-11(9)12(2,14)15(3,4)5/h6-8,14H,1-5H3. The van der Waals surface area contributed by atoms with E-state index in [4.69, 9.17) is 11.6 Å². The van der Waals surface area contributed by atoms with Crippen molar-refractivity contribution in [3.05, 3.63) is 34.3 Å². The van der Waals surface area contributed by atoms with Crippen LogP contribution in [0.25, 0.3) is 0 Å². The first-order valence-electron chi connectivity index (χ1n) is 5.15. The van der Waals surface area contributed by atoms with Crippen molar-refractivity contribution in [1.29, 1.82) is 0 Å². The van der Waals surface area contributed by atoms with Gasteiger partial charge in [0.15, 0.2) is 0 Å². The zero-order chi connectivity index (χ0) is 11.9. The van der Waals surface area contributed by atoms with Gasteiger partial charge in [0, 0.05) is 5.02 Å². The van der Waals surface area contributed by atoms with E-state index in [1.165, 1.54) is 0 Å². The topological polar surface area (TPSA) is 20.2 Å². The smallest absolute Gasteiger partial charge is 0.0874 e. The average molecular weight is 243 g/mol. The average Bonchev–Trinajstić information content (AvgIpc) is 2.07. The third-order valence-electron chi connectivity index (χ3n) is 3.18. The first-order chi connectivity index (χ1) is 6.66. The summed E-state index contributed by atoms with van der Waals surface area (Å²) < 4.78 is 0. The maximum absolute atomic E-state index is 10.6. The van der Waals surface area contributed by atoms with Crippen LogP contribution in [0.1, 0.15) is 18.1 Å². The first-order valence-corrected chi connectivity index (χ1v) is 9.03. The van der Waals surface area contributed by atoms with E-state index >= 15 is 0 Å². The molecule has 1 unspecified atom stereocenters. The lowest BCUT2D eigenvalue weighted by Crippen LogP contribution is -2.47. The monoisotopic (exact) mass is 242 g/mol. The molecule has 0 fully saturated rings. The highest BCUT2D eigenvalue weighted by Gasteiger charge is 2.39. The Morgan fingerprint density at radius 2 is 1.80 bits per heavy atom. The van der Waals surface area contributed by atoms with Gasteiger partial charge in [0.05, 0.1) is 13.3 Å². The Hall–Kier alpha value is -0.313. The lowest BCUT2D eigenvalue weighted by atomic mass is 10.0. The van der Waals surface area contributed by atoms with Gasteiger partial charge in [-0.25, -0.2) is 0 Å². The quantitative estimate of drug-likeness (QED) is 0.784. The summed E-state index contributed by atoms with van der Waals surface area (Å²) in [6, 6.07) is 5.71. The van der Waals surface area contributed by atoms with Gasteiger partial charge in [-0.1, -0.05) is 37.3 Å². The summed E-state index contributed by atoms with van der Waals surface area (Å²) in [6.45, 7) is 10.4. The van der Waals surface area contributed by atoms with E-state index in [9.17, 15) is 5.11 Å². The van der Waals surface area contributed by atoms with Crippen LogP contribution in [0.5, 0.6) is 0 Å². The highest BCUT2D eigenvalue weighted by Crippen LogP contribution is 2.34. The molecule has 0 aliphatic heterocycles. The predicted molar refractivity (Wildman–Crippen MR) is 69.1 cm³/mol. The molecule has 1 atom stereocenters. The molecule has 0 saturated carbocycles. The van der Waals surface area contributed by atoms with Gasteiger partial charge in [-0.05, 0) is 37.1 Å². The number of rotatable bonds is 2. The Morgan fingerprint density at radius 1 is 1.27 bits per heavy atom. The molecule has 0 aliphatic carbocycles. The van der Waals surface area contributed by atoms with Crippen LogP contribution in [-0.4, -0.2) is 13.2 Å². The summed E-state index contributed by atoms with van der Waals surface area (Å²) in [6.07, 6.45) is 0. The molecular weight excluding hydrogens is 224 g/mol. The second-order valence-corrected chi connectivity index (χ2v) is 11.2. The van der Waals surface area contributed by atoms with Crippen molar-refractivity contribution >= 4 is 19.7 Å². The lowest BCUT2D eigenvalue weighted by molar-refractivity contribution is 0.135. The van der Waals surface area contributed by atoms with E-state index < -0.39 is 13.3 Å². The summed E-state index contributed by atoms with van der Waals surface area (Å²) in [4.78, 5) is 0. The number of aryl methyl sites for hydroxylation is 1. The second-order valence-electron chi connectivity index (χ2n) is 5.28. The fourth-order valence-electron chi connectivity index (χ4n) is 1.52. The molecule has 0 heterocycles. The second kappa shape index (κ2) is 3.93. The summed E-state index contributed by atoms with van der Waals surface area (Å²) in [5.41, 5.74) is 2.07. The first kappa shape index (κ1) is 12.8. The van der Waals surface area contributed by atoms with Crippen molar-refractivity contribution in [2.24, 2.45) is 0 Å². The van der Waals surface area contributed by atoms with Crippen LogP contribution in [0.15, 0.2) is 18.2 Å². The minimum Gasteiger partial charge on any atom is -0.389 e. The molecule has 1 nitrogen and oxygen atoms in total. The molecule has 1 N–H and O–H groups in total. The number of hydrogen-bond donors (Lipinski definition) is 1. The van der Waals surface area contributed by atoms with Crippen molar-refractivity contribution in [3.8, 4) is 0 Å². The Balaban J connectivity index is 3.32. The molecule has 1 aromatic carbocycles. The molecule has 0 aliphatic rings. The van der Waals surface area contributed by atoms with Crippen LogP contribution >= 0.6 is 11.6 Å². The van der Waals surface area contributed by atoms with Crippen LogP contribution in [-0.2, 0) is 5.22 Å². The van der Waals surface area contributed by atoms with Crippen molar-refractivity contribution in [1.82, 2.24) is 0 Å². The molecule has 1 rings (SSSR count). The highest BCUT2D eigenvalue weighted by atomic mass is 35.5. The van der Waals surface area contributed by atoms with Crippen molar-refractivity contribution in [3.63, 3.8) is 0 Å². The van der Waals surface area contributed by atoms with Crippen molar-refractivity contribution in [2.75, 3.05) is 0 Å². The zero-order valence-corrected chi connectivity index (χ0v) is 11.8.